The van der Waals surface area contributed by atoms with Gasteiger partial charge in [-0.3, -0.25) is 9.69 Å². The number of carbonyl (C=O) groups excluding carboxylic acids is 1. The van der Waals surface area contributed by atoms with Crippen molar-refractivity contribution in [3.05, 3.63) is 18.2 Å². The molecule has 3 rings (SSSR count). The summed E-state index contributed by atoms with van der Waals surface area (Å²) in [7, 11) is 2.01. The molecule has 22 heavy (non-hydrogen) atoms. The molecule has 0 aliphatic carbocycles. The van der Waals surface area contributed by atoms with Gasteiger partial charge in [-0.15, -0.1) is 0 Å². The molecule has 2 aliphatic rings. The molecule has 1 unspecified atom stereocenters. The Morgan fingerprint density at radius 3 is 2.91 bits per heavy atom. The zero-order valence-corrected chi connectivity index (χ0v) is 13.3. The van der Waals surface area contributed by atoms with E-state index < -0.39 is 6.67 Å². The minimum absolute atomic E-state index is 0.0929. The minimum Gasteiger partial charge on any atom is -0.337 e. The van der Waals surface area contributed by atoms with Gasteiger partial charge in [-0.1, -0.05) is 0 Å². The Kier molecular flexibility index (Phi) is 4.47. The van der Waals surface area contributed by atoms with Crippen molar-refractivity contribution in [2.45, 2.75) is 44.2 Å². The molecular formula is C16H25FN4O. The number of rotatable bonds is 4. The van der Waals surface area contributed by atoms with Crippen LogP contribution in [0.4, 0.5) is 4.39 Å². The van der Waals surface area contributed by atoms with Crippen molar-refractivity contribution in [1.82, 2.24) is 19.4 Å². The predicted octanol–water partition coefficient (Wildman–Crippen LogP) is 1.74. The predicted molar refractivity (Wildman–Crippen MR) is 82.0 cm³/mol. The second kappa shape index (κ2) is 6.36. The molecule has 1 amide bonds. The maximum Gasteiger partial charge on any atom is 0.223 e. The molecule has 1 aromatic rings. The average Bonchev–Trinajstić information content (AvgIpc) is 2.95. The normalized spacial score (nSPS) is 26.8. The van der Waals surface area contributed by atoms with Gasteiger partial charge in [0.15, 0.2) is 0 Å². The molecule has 0 saturated carbocycles. The Labute approximate surface area is 131 Å². The molecule has 0 N–H and O–H groups in total. The van der Waals surface area contributed by atoms with E-state index in [1.807, 2.05) is 24.5 Å². The smallest absolute Gasteiger partial charge is 0.223 e. The monoisotopic (exact) mass is 308 g/mol. The van der Waals surface area contributed by atoms with Gasteiger partial charge in [-0.05, 0) is 32.2 Å². The zero-order chi connectivity index (χ0) is 15.6. The van der Waals surface area contributed by atoms with Crippen molar-refractivity contribution < 1.29 is 9.18 Å². The third-order valence-electron chi connectivity index (χ3n) is 5.30. The number of aromatic nitrogens is 2. The number of carbonyl (C=O) groups is 1. The van der Waals surface area contributed by atoms with Crippen LogP contribution < -0.4 is 0 Å². The molecule has 2 aliphatic heterocycles. The highest BCUT2D eigenvalue weighted by Gasteiger charge is 2.45. The van der Waals surface area contributed by atoms with Crippen LogP contribution in [0.1, 0.15) is 37.8 Å². The van der Waals surface area contributed by atoms with Crippen LogP contribution in [0.15, 0.2) is 12.5 Å². The van der Waals surface area contributed by atoms with E-state index in [1.54, 1.807) is 0 Å². The van der Waals surface area contributed by atoms with Crippen molar-refractivity contribution in [3.63, 3.8) is 0 Å². The zero-order valence-electron chi connectivity index (χ0n) is 13.3. The van der Waals surface area contributed by atoms with Crippen LogP contribution in [-0.4, -0.2) is 57.1 Å². The van der Waals surface area contributed by atoms with Crippen LogP contribution in [0.3, 0.4) is 0 Å². The molecule has 5 nitrogen and oxygen atoms in total. The quantitative estimate of drug-likeness (QED) is 0.851. The van der Waals surface area contributed by atoms with E-state index in [9.17, 15) is 9.18 Å². The molecule has 122 valence electrons. The molecule has 6 heteroatoms. The van der Waals surface area contributed by atoms with Crippen molar-refractivity contribution in [2.75, 3.05) is 26.3 Å². The van der Waals surface area contributed by atoms with E-state index in [2.05, 4.69) is 14.5 Å². The Morgan fingerprint density at radius 1 is 1.32 bits per heavy atom. The van der Waals surface area contributed by atoms with Gasteiger partial charge >= 0.3 is 0 Å². The van der Waals surface area contributed by atoms with Crippen LogP contribution in [0.2, 0.25) is 0 Å². The summed E-state index contributed by atoms with van der Waals surface area (Å²) >= 11 is 0. The van der Waals surface area contributed by atoms with Crippen molar-refractivity contribution in [3.8, 4) is 0 Å². The van der Waals surface area contributed by atoms with Crippen molar-refractivity contribution in [2.24, 2.45) is 7.05 Å². The molecule has 1 spiro atoms. The van der Waals surface area contributed by atoms with E-state index >= 15 is 0 Å². The van der Waals surface area contributed by atoms with Gasteiger partial charge < -0.3 is 9.47 Å². The summed E-state index contributed by atoms with van der Waals surface area (Å²) in [5.74, 6) is 0.137. The van der Waals surface area contributed by atoms with Gasteiger partial charge in [0.05, 0.1) is 12.0 Å². The Bertz CT molecular complexity index is 532. The summed E-state index contributed by atoms with van der Waals surface area (Å²) in [5.41, 5.74) is 1.11. The minimum atomic E-state index is -0.438. The highest BCUT2D eigenvalue weighted by Crippen LogP contribution is 2.39. The third-order valence-corrected chi connectivity index (χ3v) is 5.30. The number of halogens is 1. The molecule has 0 aromatic carbocycles. The lowest BCUT2D eigenvalue weighted by Crippen LogP contribution is -2.47. The van der Waals surface area contributed by atoms with Gasteiger partial charge in [0.2, 0.25) is 5.91 Å². The van der Waals surface area contributed by atoms with Gasteiger partial charge in [-0.2, -0.15) is 0 Å². The van der Waals surface area contributed by atoms with Gasteiger partial charge in [0.25, 0.3) is 0 Å². The lowest BCUT2D eigenvalue weighted by Gasteiger charge is -2.37. The fourth-order valence-corrected chi connectivity index (χ4v) is 4.00. The number of amides is 1. The molecule has 3 heterocycles. The van der Waals surface area contributed by atoms with Gasteiger partial charge in [-0.25, -0.2) is 9.37 Å². The van der Waals surface area contributed by atoms with E-state index in [0.717, 1.165) is 45.3 Å². The fourth-order valence-electron chi connectivity index (χ4n) is 4.00. The number of likely N-dealkylation sites (tertiary alicyclic amines) is 2. The summed E-state index contributed by atoms with van der Waals surface area (Å²) in [6.45, 7) is 2.71. The Hall–Kier alpha value is -1.43. The molecule has 0 radical (unpaired) electrons. The average molecular weight is 308 g/mol. The van der Waals surface area contributed by atoms with Crippen LogP contribution in [0.25, 0.3) is 0 Å². The second-order valence-corrected chi connectivity index (χ2v) is 6.58. The van der Waals surface area contributed by atoms with Crippen molar-refractivity contribution >= 4 is 5.91 Å². The molecule has 1 aromatic heterocycles. The molecular weight excluding hydrogens is 283 g/mol. The van der Waals surface area contributed by atoms with Crippen molar-refractivity contribution in [1.29, 1.82) is 0 Å². The van der Waals surface area contributed by atoms with E-state index in [4.69, 9.17) is 0 Å². The Morgan fingerprint density at radius 2 is 2.18 bits per heavy atom. The maximum atomic E-state index is 12.8. The number of hydrogen-bond donors (Lipinski definition) is 0. The largest absolute Gasteiger partial charge is 0.337 e. The first kappa shape index (κ1) is 15.5. The van der Waals surface area contributed by atoms with Crippen LogP contribution in [0, 0.1) is 0 Å². The number of nitrogens with zero attached hydrogens (tertiary/aromatic N) is 4. The molecule has 1 atom stereocenters. The fraction of sp³-hybridized carbons (Fsp3) is 0.750. The first-order valence-electron chi connectivity index (χ1n) is 8.19. The molecule has 2 fully saturated rings. The number of hydrogen-bond acceptors (Lipinski definition) is 3. The standard InChI is InChI=1S/C16H25FN4O/c1-19-13-18-11-14(19)12-20-8-2-4-16(6-9-20)5-3-15(22)21(16)10-7-17/h11,13H,2-10,12H2,1H3. The molecule has 0 bridgehead atoms. The van der Waals surface area contributed by atoms with Crippen LogP contribution in [-0.2, 0) is 18.4 Å². The summed E-state index contributed by atoms with van der Waals surface area (Å²) in [4.78, 5) is 20.5. The summed E-state index contributed by atoms with van der Waals surface area (Å²) in [6.07, 6.45) is 8.24. The second-order valence-electron chi connectivity index (χ2n) is 6.58. The Balaban J connectivity index is 1.66. The summed E-state index contributed by atoms with van der Waals surface area (Å²) in [5, 5.41) is 0. The van der Waals surface area contributed by atoms with E-state index in [0.29, 0.717) is 6.42 Å². The number of imidazole rings is 1. The van der Waals surface area contributed by atoms with E-state index in [-0.39, 0.29) is 18.0 Å². The first-order chi connectivity index (χ1) is 10.6. The lowest BCUT2D eigenvalue weighted by molar-refractivity contribution is -0.131. The van der Waals surface area contributed by atoms with Gasteiger partial charge in [0.1, 0.15) is 6.67 Å². The topological polar surface area (TPSA) is 41.4 Å². The van der Waals surface area contributed by atoms with E-state index in [1.165, 1.54) is 5.69 Å². The summed E-state index contributed by atoms with van der Waals surface area (Å²) in [6, 6.07) is 0. The summed E-state index contributed by atoms with van der Waals surface area (Å²) < 4.78 is 14.9. The first-order valence-corrected chi connectivity index (χ1v) is 8.19. The van der Waals surface area contributed by atoms with Crippen LogP contribution in [0.5, 0.6) is 0 Å². The van der Waals surface area contributed by atoms with Gasteiger partial charge in [0, 0.05) is 44.8 Å². The lowest BCUT2D eigenvalue weighted by atomic mass is 9.88. The molecule has 2 saturated heterocycles. The number of aryl methyl sites for hydroxylation is 1. The SMILES string of the molecule is Cn1cncc1CN1CCCC2(CCC(=O)N2CCF)CC1. The number of alkyl halides is 1. The third kappa shape index (κ3) is 2.89. The maximum absolute atomic E-state index is 12.8. The highest BCUT2D eigenvalue weighted by molar-refractivity contribution is 5.79. The highest BCUT2D eigenvalue weighted by atomic mass is 19.1. The van der Waals surface area contributed by atoms with Crippen LogP contribution >= 0.6 is 0 Å².